The number of benzene rings is 1. The molecule has 0 radical (unpaired) electrons. The molecule has 0 spiro atoms. The van der Waals surface area contributed by atoms with Crippen molar-refractivity contribution < 1.29 is 22.7 Å². The lowest BCUT2D eigenvalue weighted by Crippen LogP contribution is -2.39. The Labute approximate surface area is 118 Å². The Kier molecular flexibility index (Phi) is 3.32. The quantitative estimate of drug-likeness (QED) is 0.841. The van der Waals surface area contributed by atoms with E-state index in [0.717, 1.165) is 18.7 Å². The van der Waals surface area contributed by atoms with Gasteiger partial charge in [0.2, 0.25) is 0 Å². The molecule has 2 fully saturated rings. The minimum Gasteiger partial charge on any atom is -0.406 e. The summed E-state index contributed by atoms with van der Waals surface area (Å²) in [4.78, 5) is 14.1. The number of rotatable bonds is 2. The molecular formula is C13H12F3NO2S. The van der Waals surface area contributed by atoms with E-state index in [4.69, 9.17) is 0 Å². The molecule has 0 aromatic heterocycles. The lowest BCUT2D eigenvalue weighted by atomic mass is 10.1. The molecule has 3 nitrogen and oxygen atoms in total. The Morgan fingerprint density at radius 1 is 1.30 bits per heavy atom. The average molecular weight is 303 g/mol. The lowest BCUT2D eigenvalue weighted by molar-refractivity contribution is -0.274. The summed E-state index contributed by atoms with van der Waals surface area (Å²) in [5.41, 5.74) is 0.400. The van der Waals surface area contributed by atoms with Gasteiger partial charge in [-0.3, -0.25) is 4.79 Å². The average Bonchev–Trinajstić information content (AvgIpc) is 2.99. The van der Waals surface area contributed by atoms with Crippen molar-refractivity contribution >= 4 is 17.7 Å². The third-order valence-electron chi connectivity index (χ3n) is 3.50. The second-order valence-corrected chi connectivity index (χ2v) is 6.21. The van der Waals surface area contributed by atoms with Crippen LogP contribution in [-0.2, 0) is 0 Å². The summed E-state index contributed by atoms with van der Waals surface area (Å²) >= 11 is 1.88. The Morgan fingerprint density at radius 2 is 2.00 bits per heavy atom. The molecule has 0 aliphatic carbocycles. The molecule has 108 valence electrons. The first-order chi connectivity index (χ1) is 9.42. The molecule has 7 heteroatoms. The van der Waals surface area contributed by atoms with E-state index in [9.17, 15) is 18.0 Å². The number of halogens is 3. The number of hydrogen-bond donors (Lipinski definition) is 0. The molecule has 2 heterocycles. The number of nitrogens with zero attached hydrogens (tertiary/aromatic N) is 1. The third-order valence-corrected chi connectivity index (χ3v) is 4.89. The first-order valence-corrected chi connectivity index (χ1v) is 7.25. The smallest absolute Gasteiger partial charge is 0.406 e. The molecule has 2 aliphatic rings. The molecule has 1 aromatic carbocycles. The SMILES string of the molecule is O=C(c1ccc(OC(F)(F)F)cc1)N1CC2CC1CS2. The molecule has 0 N–H and O–H groups in total. The van der Waals surface area contributed by atoms with E-state index in [2.05, 4.69) is 4.74 Å². The Balaban J connectivity index is 1.70. The van der Waals surface area contributed by atoms with Gasteiger partial charge < -0.3 is 9.64 Å². The summed E-state index contributed by atoms with van der Waals surface area (Å²) in [6, 6.07) is 5.36. The molecular weight excluding hydrogens is 291 g/mol. The van der Waals surface area contributed by atoms with Gasteiger partial charge in [-0.05, 0) is 30.7 Å². The van der Waals surface area contributed by atoms with Crippen LogP contribution in [0.4, 0.5) is 13.2 Å². The molecule has 1 aromatic rings. The molecule has 20 heavy (non-hydrogen) atoms. The van der Waals surface area contributed by atoms with E-state index in [1.165, 1.54) is 24.3 Å². The van der Waals surface area contributed by atoms with Crippen molar-refractivity contribution in [2.75, 3.05) is 12.3 Å². The molecule has 2 aliphatic heterocycles. The van der Waals surface area contributed by atoms with Crippen LogP contribution in [0.3, 0.4) is 0 Å². The fraction of sp³-hybridized carbons (Fsp3) is 0.462. The number of amides is 1. The first-order valence-electron chi connectivity index (χ1n) is 6.21. The number of likely N-dealkylation sites (tertiary alicyclic amines) is 1. The van der Waals surface area contributed by atoms with E-state index in [1.807, 2.05) is 16.7 Å². The fourth-order valence-corrected chi connectivity index (χ4v) is 4.05. The summed E-state index contributed by atoms with van der Waals surface area (Å²) in [7, 11) is 0. The number of ether oxygens (including phenoxy) is 1. The number of alkyl halides is 3. The van der Waals surface area contributed by atoms with Crippen LogP contribution < -0.4 is 4.74 Å². The van der Waals surface area contributed by atoms with Gasteiger partial charge in [-0.15, -0.1) is 13.2 Å². The van der Waals surface area contributed by atoms with Crippen LogP contribution in [0.15, 0.2) is 24.3 Å². The van der Waals surface area contributed by atoms with Gasteiger partial charge in [-0.25, -0.2) is 0 Å². The maximum absolute atomic E-state index is 12.3. The van der Waals surface area contributed by atoms with Gasteiger partial charge in [-0.1, -0.05) is 0 Å². The Bertz CT molecular complexity index is 517. The van der Waals surface area contributed by atoms with Crippen molar-refractivity contribution in [1.29, 1.82) is 0 Å². The number of carbonyl (C=O) groups is 1. The predicted octanol–water partition coefficient (Wildman–Crippen LogP) is 2.92. The van der Waals surface area contributed by atoms with E-state index in [1.54, 1.807) is 0 Å². The zero-order valence-electron chi connectivity index (χ0n) is 10.4. The van der Waals surface area contributed by atoms with Crippen LogP contribution in [0, 0.1) is 0 Å². The van der Waals surface area contributed by atoms with Crippen molar-refractivity contribution in [2.45, 2.75) is 24.1 Å². The maximum Gasteiger partial charge on any atom is 0.573 e. The summed E-state index contributed by atoms with van der Waals surface area (Å²) in [5, 5.41) is 0.511. The van der Waals surface area contributed by atoms with Crippen molar-refractivity contribution in [3.8, 4) is 5.75 Å². The highest BCUT2D eigenvalue weighted by Crippen LogP contribution is 2.38. The zero-order chi connectivity index (χ0) is 14.3. The molecule has 2 bridgehead atoms. The normalized spacial score (nSPS) is 25.1. The van der Waals surface area contributed by atoms with Crippen LogP contribution >= 0.6 is 11.8 Å². The van der Waals surface area contributed by atoms with Crippen LogP contribution in [0.1, 0.15) is 16.8 Å². The van der Waals surface area contributed by atoms with Crippen LogP contribution in [0.2, 0.25) is 0 Å². The summed E-state index contributed by atoms with van der Waals surface area (Å²) < 4.78 is 39.9. The number of hydrogen-bond acceptors (Lipinski definition) is 3. The summed E-state index contributed by atoms with van der Waals surface area (Å²) in [6.07, 6.45) is -3.69. The molecule has 1 amide bonds. The highest BCUT2D eigenvalue weighted by Gasteiger charge is 2.41. The molecule has 0 saturated carbocycles. The molecule has 2 atom stereocenters. The van der Waals surface area contributed by atoms with E-state index >= 15 is 0 Å². The highest BCUT2D eigenvalue weighted by molar-refractivity contribution is 8.00. The lowest BCUT2D eigenvalue weighted by Gasteiger charge is -2.26. The Hall–Kier alpha value is -1.37. The first kappa shape index (κ1) is 13.6. The standard InChI is InChI=1S/C13H12F3NO2S/c14-13(15,16)19-10-3-1-8(2-4-10)12(18)17-6-11-5-9(17)7-20-11/h1-4,9,11H,5-7H2. The van der Waals surface area contributed by atoms with Crippen molar-refractivity contribution in [2.24, 2.45) is 0 Å². The van der Waals surface area contributed by atoms with Gasteiger partial charge >= 0.3 is 6.36 Å². The van der Waals surface area contributed by atoms with E-state index < -0.39 is 6.36 Å². The van der Waals surface area contributed by atoms with Crippen LogP contribution in [-0.4, -0.2) is 40.8 Å². The van der Waals surface area contributed by atoms with E-state index in [-0.39, 0.29) is 17.7 Å². The minimum atomic E-state index is -4.71. The summed E-state index contributed by atoms with van der Waals surface area (Å²) in [6.45, 7) is 0.731. The van der Waals surface area contributed by atoms with Crippen molar-refractivity contribution in [3.63, 3.8) is 0 Å². The van der Waals surface area contributed by atoms with Crippen LogP contribution in [0.5, 0.6) is 5.75 Å². The van der Waals surface area contributed by atoms with Gasteiger partial charge in [0.1, 0.15) is 5.75 Å². The fourth-order valence-electron chi connectivity index (χ4n) is 2.61. The topological polar surface area (TPSA) is 29.5 Å². The zero-order valence-corrected chi connectivity index (χ0v) is 11.2. The second-order valence-electron chi connectivity index (χ2n) is 4.87. The molecule has 2 saturated heterocycles. The van der Waals surface area contributed by atoms with Gasteiger partial charge in [0.05, 0.1) is 0 Å². The van der Waals surface area contributed by atoms with Gasteiger partial charge in [-0.2, -0.15) is 11.8 Å². The van der Waals surface area contributed by atoms with Crippen molar-refractivity contribution in [3.05, 3.63) is 29.8 Å². The molecule has 2 unspecified atom stereocenters. The third kappa shape index (κ3) is 2.72. The van der Waals surface area contributed by atoms with Gasteiger partial charge in [0, 0.05) is 29.2 Å². The van der Waals surface area contributed by atoms with E-state index in [0.29, 0.717) is 10.8 Å². The maximum atomic E-state index is 12.3. The van der Waals surface area contributed by atoms with Gasteiger partial charge in [0.25, 0.3) is 5.91 Å². The highest BCUT2D eigenvalue weighted by atomic mass is 32.2. The van der Waals surface area contributed by atoms with Crippen molar-refractivity contribution in [1.82, 2.24) is 4.90 Å². The predicted molar refractivity (Wildman–Crippen MR) is 68.8 cm³/mol. The number of fused-ring (bicyclic) bond motifs is 2. The van der Waals surface area contributed by atoms with Crippen LogP contribution in [0.25, 0.3) is 0 Å². The minimum absolute atomic E-state index is 0.114. The molecule has 3 rings (SSSR count). The second kappa shape index (κ2) is 4.87. The monoisotopic (exact) mass is 303 g/mol. The van der Waals surface area contributed by atoms with Gasteiger partial charge in [0.15, 0.2) is 0 Å². The largest absolute Gasteiger partial charge is 0.573 e. The number of thioether (sulfide) groups is 1. The number of carbonyl (C=O) groups excluding carboxylic acids is 1. The Morgan fingerprint density at radius 3 is 2.50 bits per heavy atom. The summed E-state index contributed by atoms with van der Waals surface area (Å²) in [5.74, 6) is 0.523.